The number of sulfonamides is 1. The Morgan fingerprint density at radius 3 is 2.08 bits per heavy atom. The van der Waals surface area contributed by atoms with E-state index in [1.165, 1.54) is 37.8 Å². The summed E-state index contributed by atoms with van der Waals surface area (Å²) in [5.41, 5.74) is 0.993. The van der Waals surface area contributed by atoms with Gasteiger partial charge in [0.25, 0.3) is 5.56 Å². The van der Waals surface area contributed by atoms with E-state index in [9.17, 15) is 17.6 Å². The normalized spacial score (nSPS) is 11.6. The van der Waals surface area contributed by atoms with Crippen LogP contribution in [0.3, 0.4) is 0 Å². The third-order valence-electron chi connectivity index (χ3n) is 5.74. The SMILES string of the molecule is COc1ccc(CN(Cc2cc3cc(OC)c(OC)cc3[nH]c2=O)S(=O)(=O)c2ccc(F)cc2)cc1. The van der Waals surface area contributed by atoms with E-state index in [-0.39, 0.29) is 23.5 Å². The maximum Gasteiger partial charge on any atom is 0.252 e. The Kier molecular flexibility index (Phi) is 7.27. The molecule has 0 aliphatic heterocycles. The molecule has 10 heteroatoms. The van der Waals surface area contributed by atoms with E-state index in [2.05, 4.69) is 4.98 Å². The molecular formula is C26H25FN2O6S. The molecule has 0 saturated heterocycles. The fourth-order valence-electron chi connectivity index (χ4n) is 3.80. The Bertz CT molecular complexity index is 1530. The second-order valence-corrected chi connectivity index (χ2v) is 9.93. The van der Waals surface area contributed by atoms with Crippen LogP contribution in [0.5, 0.6) is 17.2 Å². The summed E-state index contributed by atoms with van der Waals surface area (Å²) in [7, 11) is 0.449. The van der Waals surface area contributed by atoms with Gasteiger partial charge >= 0.3 is 0 Å². The van der Waals surface area contributed by atoms with Crippen molar-refractivity contribution in [3.8, 4) is 17.2 Å². The largest absolute Gasteiger partial charge is 0.497 e. The molecule has 0 aliphatic rings. The summed E-state index contributed by atoms with van der Waals surface area (Å²) in [6, 6.07) is 16.5. The number of hydrogen-bond acceptors (Lipinski definition) is 6. The van der Waals surface area contributed by atoms with E-state index in [1.54, 1.807) is 42.5 Å². The minimum Gasteiger partial charge on any atom is -0.497 e. The zero-order valence-corrected chi connectivity index (χ0v) is 20.8. The molecule has 4 rings (SSSR count). The van der Waals surface area contributed by atoms with Gasteiger partial charge in [-0.3, -0.25) is 4.79 Å². The first-order valence-electron chi connectivity index (χ1n) is 10.9. The van der Waals surface area contributed by atoms with Crippen molar-refractivity contribution in [1.29, 1.82) is 0 Å². The molecule has 0 spiro atoms. The van der Waals surface area contributed by atoms with Gasteiger partial charge in [0.2, 0.25) is 10.0 Å². The summed E-state index contributed by atoms with van der Waals surface area (Å²) in [6.07, 6.45) is 0. The smallest absolute Gasteiger partial charge is 0.252 e. The van der Waals surface area contributed by atoms with Gasteiger partial charge in [0.05, 0.1) is 31.7 Å². The topological polar surface area (TPSA) is 97.9 Å². The van der Waals surface area contributed by atoms with Crippen LogP contribution < -0.4 is 19.8 Å². The van der Waals surface area contributed by atoms with E-state index in [1.807, 2.05) is 0 Å². The second-order valence-electron chi connectivity index (χ2n) is 7.99. The van der Waals surface area contributed by atoms with Crippen molar-refractivity contribution in [2.75, 3.05) is 21.3 Å². The molecule has 1 aromatic heterocycles. The molecule has 0 aliphatic carbocycles. The third-order valence-corrected chi connectivity index (χ3v) is 7.55. The third kappa shape index (κ3) is 5.19. The van der Waals surface area contributed by atoms with Crippen molar-refractivity contribution in [3.05, 3.63) is 94.0 Å². The number of aromatic nitrogens is 1. The van der Waals surface area contributed by atoms with Crippen molar-refractivity contribution >= 4 is 20.9 Å². The molecule has 3 aromatic carbocycles. The molecule has 188 valence electrons. The number of ether oxygens (including phenoxy) is 3. The summed E-state index contributed by atoms with van der Waals surface area (Å²) < 4.78 is 57.6. The Balaban J connectivity index is 1.77. The van der Waals surface area contributed by atoms with E-state index in [4.69, 9.17) is 14.2 Å². The van der Waals surface area contributed by atoms with Crippen LogP contribution in [0.2, 0.25) is 0 Å². The Labute approximate surface area is 207 Å². The van der Waals surface area contributed by atoms with Gasteiger partial charge < -0.3 is 19.2 Å². The average Bonchev–Trinajstić information content (AvgIpc) is 2.88. The Morgan fingerprint density at radius 2 is 1.47 bits per heavy atom. The van der Waals surface area contributed by atoms with Crippen LogP contribution in [-0.4, -0.2) is 39.0 Å². The number of rotatable bonds is 9. The van der Waals surface area contributed by atoms with Crippen LogP contribution in [0.25, 0.3) is 10.9 Å². The van der Waals surface area contributed by atoms with Crippen LogP contribution in [0.4, 0.5) is 4.39 Å². The first-order valence-corrected chi connectivity index (χ1v) is 12.4. The highest BCUT2D eigenvalue weighted by molar-refractivity contribution is 7.89. The predicted octanol–water partition coefficient (Wildman–Crippen LogP) is 4.08. The van der Waals surface area contributed by atoms with Crippen molar-refractivity contribution in [2.45, 2.75) is 18.0 Å². The van der Waals surface area contributed by atoms with Gasteiger partial charge in [0.15, 0.2) is 11.5 Å². The molecule has 8 nitrogen and oxygen atoms in total. The second kappa shape index (κ2) is 10.4. The van der Waals surface area contributed by atoms with Crippen molar-refractivity contribution in [3.63, 3.8) is 0 Å². The standard InChI is InChI=1S/C26H25FN2O6S/c1-33-21-8-4-17(5-9-21)15-29(36(31,32)22-10-6-20(27)7-11-22)16-19-12-18-13-24(34-2)25(35-3)14-23(18)28-26(19)30/h4-14H,15-16H2,1-3H3,(H,28,30). The molecule has 1 N–H and O–H groups in total. The Hall–Kier alpha value is -3.89. The summed E-state index contributed by atoms with van der Waals surface area (Å²) in [5.74, 6) is 0.999. The van der Waals surface area contributed by atoms with E-state index < -0.39 is 21.4 Å². The first-order chi connectivity index (χ1) is 17.2. The van der Waals surface area contributed by atoms with Gasteiger partial charge in [-0.05, 0) is 54.1 Å². The number of nitrogens with zero attached hydrogens (tertiary/aromatic N) is 1. The minimum absolute atomic E-state index is 0.0207. The fraction of sp³-hybridized carbons (Fsp3) is 0.192. The average molecular weight is 513 g/mol. The molecular weight excluding hydrogens is 487 g/mol. The minimum atomic E-state index is -4.09. The number of methoxy groups -OCH3 is 3. The van der Waals surface area contributed by atoms with Gasteiger partial charge in [0.1, 0.15) is 11.6 Å². The number of nitrogens with one attached hydrogen (secondary N) is 1. The van der Waals surface area contributed by atoms with Crippen molar-refractivity contribution in [2.24, 2.45) is 0 Å². The monoisotopic (exact) mass is 512 g/mol. The van der Waals surface area contributed by atoms with Crippen LogP contribution in [0.15, 0.2) is 76.4 Å². The number of pyridine rings is 1. The first kappa shape index (κ1) is 25.2. The molecule has 0 unspecified atom stereocenters. The van der Waals surface area contributed by atoms with Gasteiger partial charge in [-0.15, -0.1) is 0 Å². The Morgan fingerprint density at radius 1 is 0.833 bits per heavy atom. The van der Waals surface area contributed by atoms with Gasteiger partial charge in [-0.2, -0.15) is 4.31 Å². The summed E-state index contributed by atoms with van der Waals surface area (Å²) in [5, 5.41) is 0.644. The molecule has 0 radical (unpaired) electrons. The van der Waals surface area contributed by atoms with Crippen LogP contribution in [-0.2, 0) is 23.1 Å². The van der Waals surface area contributed by atoms with E-state index >= 15 is 0 Å². The summed E-state index contributed by atoms with van der Waals surface area (Å²) in [4.78, 5) is 15.7. The van der Waals surface area contributed by atoms with Crippen molar-refractivity contribution < 1.29 is 27.0 Å². The predicted molar refractivity (Wildman–Crippen MR) is 133 cm³/mol. The van der Waals surface area contributed by atoms with Crippen molar-refractivity contribution in [1.82, 2.24) is 9.29 Å². The van der Waals surface area contributed by atoms with Gasteiger partial charge in [0, 0.05) is 30.1 Å². The van der Waals surface area contributed by atoms with Crippen LogP contribution >= 0.6 is 0 Å². The molecule has 0 fully saturated rings. The number of H-pyrrole nitrogens is 1. The fourth-order valence-corrected chi connectivity index (χ4v) is 5.21. The lowest BCUT2D eigenvalue weighted by atomic mass is 10.1. The highest BCUT2D eigenvalue weighted by Crippen LogP contribution is 2.31. The van der Waals surface area contributed by atoms with Gasteiger partial charge in [-0.1, -0.05) is 12.1 Å². The summed E-state index contributed by atoms with van der Waals surface area (Å²) >= 11 is 0. The van der Waals surface area contributed by atoms with Crippen LogP contribution in [0.1, 0.15) is 11.1 Å². The lowest BCUT2D eigenvalue weighted by Gasteiger charge is -2.22. The van der Waals surface area contributed by atoms with E-state index in [0.29, 0.717) is 33.7 Å². The molecule has 36 heavy (non-hydrogen) atoms. The maximum atomic E-state index is 13.6. The van der Waals surface area contributed by atoms with Gasteiger partial charge in [-0.25, -0.2) is 12.8 Å². The molecule has 1 heterocycles. The number of benzene rings is 3. The number of fused-ring (bicyclic) bond motifs is 1. The molecule has 0 bridgehead atoms. The highest BCUT2D eigenvalue weighted by Gasteiger charge is 2.26. The molecule has 0 amide bonds. The highest BCUT2D eigenvalue weighted by atomic mass is 32.2. The number of hydrogen-bond donors (Lipinski definition) is 1. The molecule has 0 atom stereocenters. The lowest BCUT2D eigenvalue weighted by Crippen LogP contribution is -2.32. The zero-order valence-electron chi connectivity index (χ0n) is 19.9. The number of aromatic amines is 1. The maximum absolute atomic E-state index is 13.6. The van der Waals surface area contributed by atoms with E-state index in [0.717, 1.165) is 12.1 Å². The lowest BCUT2D eigenvalue weighted by molar-refractivity contribution is 0.355. The zero-order chi connectivity index (χ0) is 25.9. The number of halogens is 1. The summed E-state index contributed by atoms with van der Waals surface area (Å²) in [6.45, 7) is -0.238. The quantitative estimate of drug-likeness (QED) is 0.363. The molecule has 4 aromatic rings. The van der Waals surface area contributed by atoms with Crippen LogP contribution in [0, 0.1) is 5.82 Å². The molecule has 0 saturated carbocycles.